The third-order valence-corrected chi connectivity index (χ3v) is 2.56. The maximum absolute atomic E-state index is 11.5. The zero-order chi connectivity index (χ0) is 22.1. The van der Waals surface area contributed by atoms with Crippen molar-refractivity contribution in [2.75, 3.05) is 20.7 Å². The van der Waals surface area contributed by atoms with Gasteiger partial charge in [0.25, 0.3) is 0 Å². The quantitative estimate of drug-likeness (QED) is 0.283. The van der Waals surface area contributed by atoms with Crippen LogP contribution in [0.1, 0.15) is 28.1 Å². The van der Waals surface area contributed by atoms with E-state index in [4.69, 9.17) is 12.3 Å². The first-order chi connectivity index (χ1) is 13.1. The fraction of sp³-hybridized carbons (Fsp3) is 0.692. The van der Waals surface area contributed by atoms with Crippen LogP contribution in [-0.2, 0) is 28.6 Å². The van der Waals surface area contributed by atoms with Crippen molar-refractivity contribution >= 4 is 42.4 Å². The molecule has 0 aliphatic rings. The Morgan fingerprint density at radius 2 is 1.77 bits per heavy atom. The van der Waals surface area contributed by atoms with Crippen LogP contribution in [0, 0.1) is 5.15 Å². The maximum atomic E-state index is 11.5. The van der Waals surface area contributed by atoms with Crippen molar-refractivity contribution in [3.8, 4) is 0 Å². The molecule has 0 aromatic heterocycles. The third kappa shape index (κ3) is 15.7. The molecule has 3 atom stereocenters. The molecule has 0 bridgehead atoms. The van der Waals surface area contributed by atoms with E-state index in [2.05, 4.69) is 39.1 Å². The molecule has 11 nitrogen and oxygen atoms in total. The van der Waals surface area contributed by atoms with Gasteiger partial charge < -0.3 is 19.5 Å². The lowest BCUT2D eigenvalue weighted by molar-refractivity contribution is -0.154. The average molecular weight is 414 g/mol. The Bertz CT molecular complexity index is 531. The smallest absolute Gasteiger partial charge is 0.460 e. The van der Waals surface area contributed by atoms with Crippen LogP contribution in [0.5, 0.6) is 0 Å². The minimum absolute atomic E-state index is 0.0345. The van der Waals surface area contributed by atoms with Crippen LogP contribution in [0.15, 0.2) is 0 Å². The fourth-order valence-electron chi connectivity index (χ4n) is 1.49. The van der Waals surface area contributed by atoms with Gasteiger partial charge in [-0.05, 0) is 32.3 Å². The first kappa shape index (κ1) is 22.2. The average Bonchev–Trinajstić information content (AvgIpc) is 2.59. The topological polar surface area (TPSA) is 147 Å². The normalized spacial score (nSPS) is 12.8. The highest BCUT2D eigenvalue weighted by Gasteiger charge is 2.18. The predicted octanol–water partition coefficient (Wildman–Crippen LogP) is 0.631. The second-order valence-electron chi connectivity index (χ2n) is 4.85. The second-order valence-corrected chi connectivity index (χ2v) is 5.48. The minimum Gasteiger partial charge on any atom is -0.460 e. The SMILES string of the molecule is [2H]CN(P)NC(=O)CC(C)OC(=O)COC(=O)OC(C)CC(=O)NC.[2H]N=P. The molecule has 13 heteroatoms. The van der Waals surface area contributed by atoms with E-state index in [1.54, 1.807) is 0 Å². The Balaban J connectivity index is 0. The third-order valence-electron chi connectivity index (χ3n) is 2.43. The number of carbonyl (C=O) groups excluding carboxylic acids is 4. The number of nitrogens with zero attached hydrogens (tertiary/aromatic N) is 1. The molecular formula is C13H26N4O7P2. The van der Waals surface area contributed by atoms with Crippen LogP contribution >= 0.6 is 18.4 Å². The van der Waals surface area contributed by atoms with Gasteiger partial charge in [-0.1, -0.05) is 0 Å². The molecule has 150 valence electrons. The van der Waals surface area contributed by atoms with Crippen LogP contribution in [0.3, 0.4) is 0 Å². The standard InChI is InChI=1S/C13H24N3O7P.H2NP/c1-8(6-11(18)15-16(4)24)22-12(19)7-21-13(20)23-9(2)5-10(17)14-3;1-2/h8-9H,5-7,24H2,1-4H3,(H,14,17)(H,15,18);1-2H/i4D;/hD. The van der Waals surface area contributed by atoms with Crippen molar-refractivity contribution in [1.82, 2.24) is 15.5 Å². The molecule has 0 aliphatic heterocycles. The molecule has 0 rings (SSSR count). The van der Waals surface area contributed by atoms with Crippen molar-refractivity contribution in [3.63, 3.8) is 0 Å². The van der Waals surface area contributed by atoms with E-state index in [-0.39, 0.29) is 25.8 Å². The van der Waals surface area contributed by atoms with E-state index < -0.39 is 36.8 Å². The summed E-state index contributed by atoms with van der Waals surface area (Å²) in [6, 6.07) is 0. The van der Waals surface area contributed by atoms with Gasteiger partial charge >= 0.3 is 12.1 Å². The number of rotatable bonds is 9. The summed E-state index contributed by atoms with van der Waals surface area (Å²) in [6.45, 7) is 2.32. The number of hydrogen-bond donors (Lipinski definition) is 3. The van der Waals surface area contributed by atoms with Gasteiger partial charge in [-0.15, -0.1) is 0 Å². The number of amides is 2. The van der Waals surface area contributed by atoms with Crippen molar-refractivity contribution in [1.29, 1.82) is 5.15 Å². The number of carbonyl (C=O) groups is 4. The van der Waals surface area contributed by atoms with Crippen LogP contribution in [0.25, 0.3) is 0 Å². The Morgan fingerprint density at radius 1 is 1.23 bits per heavy atom. The molecule has 0 spiro atoms. The van der Waals surface area contributed by atoms with Crippen molar-refractivity contribution in [2.45, 2.75) is 38.9 Å². The lowest BCUT2D eigenvalue weighted by atomic mass is 10.3. The van der Waals surface area contributed by atoms with Gasteiger partial charge in [-0.2, -0.15) is 0 Å². The highest BCUT2D eigenvalue weighted by atomic mass is 31.0. The summed E-state index contributed by atoms with van der Waals surface area (Å²) in [6.07, 6.45) is -2.72. The van der Waals surface area contributed by atoms with Gasteiger partial charge in [0.1, 0.15) is 12.2 Å². The minimum atomic E-state index is -1.10. The number of hydrogen-bond acceptors (Lipinski definition) is 9. The van der Waals surface area contributed by atoms with Crippen LogP contribution in [0.4, 0.5) is 4.79 Å². The summed E-state index contributed by atoms with van der Waals surface area (Å²) < 4.78 is 28.2. The van der Waals surface area contributed by atoms with Gasteiger partial charge in [0, 0.05) is 15.4 Å². The molecule has 0 saturated heterocycles. The second kappa shape index (κ2) is 15.4. The van der Waals surface area contributed by atoms with Gasteiger partial charge in [-0.3, -0.25) is 20.2 Å². The summed E-state index contributed by atoms with van der Waals surface area (Å²) in [5.74, 6) is -1.59. The van der Waals surface area contributed by atoms with Gasteiger partial charge in [-0.25, -0.2) is 14.4 Å². The number of esters is 1. The van der Waals surface area contributed by atoms with Gasteiger partial charge in [0.05, 0.1) is 12.8 Å². The Kier molecular flexibility index (Phi) is 13.2. The summed E-state index contributed by atoms with van der Waals surface area (Å²) in [4.78, 5) is 45.5. The highest BCUT2D eigenvalue weighted by Crippen LogP contribution is 2.02. The van der Waals surface area contributed by atoms with Crippen LogP contribution < -0.4 is 10.7 Å². The number of ether oxygens (including phenoxy) is 3. The maximum Gasteiger partial charge on any atom is 0.509 e. The lowest BCUT2D eigenvalue weighted by Gasteiger charge is -2.16. The summed E-state index contributed by atoms with van der Waals surface area (Å²) in [5.41, 5.74) is 2.37. The molecule has 26 heavy (non-hydrogen) atoms. The summed E-state index contributed by atoms with van der Waals surface area (Å²) in [7, 11) is 5.91. The molecule has 0 aromatic rings. The zero-order valence-corrected chi connectivity index (χ0v) is 17.0. The first-order valence-electron chi connectivity index (χ1n) is 8.40. The van der Waals surface area contributed by atoms with Crippen LogP contribution in [-0.4, -0.2) is 61.6 Å². The number of hydrazine groups is 1. The molecule has 0 heterocycles. The molecule has 0 radical (unpaired) electrons. The lowest BCUT2D eigenvalue weighted by Crippen LogP contribution is -2.35. The molecule has 2 amide bonds. The van der Waals surface area contributed by atoms with Crippen molar-refractivity contribution in [2.24, 2.45) is 0 Å². The number of nitrogens with one attached hydrogen (secondary N) is 3. The van der Waals surface area contributed by atoms with E-state index in [0.29, 0.717) is 0 Å². The zero-order valence-electron chi connectivity index (χ0n) is 16.8. The van der Waals surface area contributed by atoms with E-state index in [1.165, 1.54) is 25.7 Å². The fourth-order valence-corrected chi connectivity index (χ4v) is 1.63. The van der Waals surface area contributed by atoms with Gasteiger partial charge in [0.2, 0.25) is 11.8 Å². The molecule has 0 aliphatic carbocycles. The Hall–Kier alpha value is -1.83. The molecule has 0 fully saturated rings. The first-order valence-corrected chi connectivity index (χ1v) is 8.21. The highest BCUT2D eigenvalue weighted by molar-refractivity contribution is 7.13. The largest absolute Gasteiger partial charge is 0.509 e. The van der Waals surface area contributed by atoms with Crippen LogP contribution in [0.2, 0.25) is 1.41 Å². The molecule has 0 saturated carbocycles. The van der Waals surface area contributed by atoms with E-state index in [1.807, 2.05) is 0 Å². The summed E-state index contributed by atoms with van der Waals surface area (Å²) in [5, 5.41) is 4.93. The van der Waals surface area contributed by atoms with E-state index in [9.17, 15) is 19.2 Å². The summed E-state index contributed by atoms with van der Waals surface area (Å²) >= 11 is 0. The molecule has 3 unspecified atom stereocenters. The van der Waals surface area contributed by atoms with Crippen molar-refractivity contribution < 1.29 is 36.2 Å². The Morgan fingerprint density at radius 3 is 2.31 bits per heavy atom. The monoisotopic (exact) mass is 414 g/mol. The van der Waals surface area contributed by atoms with E-state index in [0.717, 1.165) is 0 Å². The molecular weight excluding hydrogens is 386 g/mol. The van der Waals surface area contributed by atoms with E-state index >= 15 is 0 Å². The predicted molar refractivity (Wildman–Crippen MR) is 97.4 cm³/mol. The molecule has 0 aromatic carbocycles. The Labute approximate surface area is 159 Å². The molecule has 3 N–H and O–H groups in total. The van der Waals surface area contributed by atoms with Crippen molar-refractivity contribution in [3.05, 3.63) is 0 Å². The van der Waals surface area contributed by atoms with Gasteiger partial charge in [0.15, 0.2) is 8.02 Å².